The van der Waals surface area contributed by atoms with Gasteiger partial charge in [-0.1, -0.05) is 0 Å². The van der Waals surface area contributed by atoms with Gasteiger partial charge in [0.25, 0.3) is 0 Å². The molecule has 0 aromatic heterocycles. The fourth-order valence-corrected chi connectivity index (χ4v) is 5.07. The molecule has 18 heavy (non-hydrogen) atoms. The van der Waals surface area contributed by atoms with Crippen molar-refractivity contribution in [3.8, 4) is 0 Å². The smallest absolute Gasteiger partial charge is 0.0224 e. The number of rotatable bonds is 2. The maximum absolute atomic E-state index is 2.86. The first kappa shape index (κ1) is 13.3. The fourth-order valence-electron chi connectivity index (χ4n) is 4.33. The zero-order valence-corrected chi connectivity index (χ0v) is 12.8. The van der Waals surface area contributed by atoms with Crippen molar-refractivity contribution >= 4 is 11.8 Å². The van der Waals surface area contributed by atoms with Crippen molar-refractivity contribution in [1.82, 2.24) is 9.80 Å². The van der Waals surface area contributed by atoms with Crippen LogP contribution in [0.25, 0.3) is 0 Å². The van der Waals surface area contributed by atoms with Gasteiger partial charge in [-0.15, -0.1) is 0 Å². The third-order valence-corrected chi connectivity index (χ3v) is 6.57. The Balaban J connectivity index is 1.58. The molecule has 2 unspecified atom stereocenters. The van der Waals surface area contributed by atoms with Crippen molar-refractivity contribution in [1.29, 1.82) is 0 Å². The van der Waals surface area contributed by atoms with Crippen LogP contribution in [0.1, 0.15) is 45.4 Å². The van der Waals surface area contributed by atoms with Crippen LogP contribution < -0.4 is 0 Å². The molecular weight excluding hydrogens is 240 g/mol. The highest BCUT2D eigenvalue weighted by Gasteiger charge is 2.38. The van der Waals surface area contributed by atoms with Gasteiger partial charge >= 0.3 is 0 Å². The van der Waals surface area contributed by atoms with Gasteiger partial charge in [0.2, 0.25) is 0 Å². The number of thioether (sulfide) groups is 1. The molecule has 1 saturated carbocycles. The zero-order valence-electron chi connectivity index (χ0n) is 12.0. The van der Waals surface area contributed by atoms with E-state index in [-0.39, 0.29) is 0 Å². The minimum Gasteiger partial charge on any atom is -0.298 e. The van der Waals surface area contributed by atoms with E-state index >= 15 is 0 Å². The Morgan fingerprint density at radius 1 is 0.944 bits per heavy atom. The number of fused-ring (bicyclic) bond motifs is 1. The van der Waals surface area contributed by atoms with E-state index in [0.717, 1.165) is 23.4 Å². The van der Waals surface area contributed by atoms with Gasteiger partial charge in [0.05, 0.1) is 0 Å². The first-order valence-electron chi connectivity index (χ1n) is 7.80. The van der Waals surface area contributed by atoms with Crippen molar-refractivity contribution in [2.75, 3.05) is 25.9 Å². The van der Waals surface area contributed by atoms with E-state index in [1.807, 2.05) is 0 Å². The average molecular weight is 268 g/mol. The maximum Gasteiger partial charge on any atom is 0.0224 e. The molecule has 0 aromatic rings. The lowest BCUT2D eigenvalue weighted by molar-refractivity contribution is 0.0167. The van der Waals surface area contributed by atoms with Gasteiger partial charge in [-0.3, -0.25) is 9.80 Å². The summed E-state index contributed by atoms with van der Waals surface area (Å²) in [5.41, 5.74) is 0. The molecule has 3 aliphatic rings. The van der Waals surface area contributed by atoms with Gasteiger partial charge in [0.15, 0.2) is 0 Å². The minimum atomic E-state index is 0.787. The summed E-state index contributed by atoms with van der Waals surface area (Å²) in [6.07, 6.45) is 11.0. The number of hydrogen-bond donors (Lipinski definition) is 0. The van der Waals surface area contributed by atoms with Crippen molar-refractivity contribution in [3.05, 3.63) is 0 Å². The highest BCUT2D eigenvalue weighted by Crippen LogP contribution is 2.33. The highest BCUT2D eigenvalue weighted by molar-refractivity contribution is 7.99. The summed E-state index contributed by atoms with van der Waals surface area (Å²) in [6.45, 7) is 6.50. The summed E-state index contributed by atoms with van der Waals surface area (Å²) in [5.74, 6) is 0. The van der Waals surface area contributed by atoms with Gasteiger partial charge in [0, 0.05) is 36.5 Å². The normalized spacial score (nSPS) is 43.0. The maximum atomic E-state index is 2.86. The minimum absolute atomic E-state index is 0.787. The molecular formula is C15H28N2S. The van der Waals surface area contributed by atoms with Crippen LogP contribution in [-0.2, 0) is 0 Å². The van der Waals surface area contributed by atoms with Gasteiger partial charge in [-0.2, -0.15) is 11.8 Å². The highest BCUT2D eigenvalue weighted by atomic mass is 32.2. The lowest BCUT2D eigenvalue weighted by Crippen LogP contribution is -2.58. The summed E-state index contributed by atoms with van der Waals surface area (Å²) < 4.78 is 0. The molecule has 0 aromatic carbocycles. The van der Waals surface area contributed by atoms with Crippen molar-refractivity contribution in [3.63, 3.8) is 0 Å². The fraction of sp³-hybridized carbons (Fsp3) is 1.00. The van der Waals surface area contributed by atoms with Crippen LogP contribution in [0.2, 0.25) is 0 Å². The third-order valence-electron chi connectivity index (χ3n) is 5.43. The number of hydrogen-bond acceptors (Lipinski definition) is 3. The molecule has 0 bridgehead atoms. The molecule has 3 heteroatoms. The Bertz CT molecular complexity index is 276. The molecule has 2 heterocycles. The second-order valence-corrected chi connectivity index (χ2v) is 7.64. The molecule has 0 spiro atoms. The first-order valence-corrected chi connectivity index (χ1v) is 9.09. The second-order valence-electron chi connectivity index (χ2n) is 6.50. The van der Waals surface area contributed by atoms with Gasteiger partial charge in [-0.05, 0) is 58.2 Å². The van der Waals surface area contributed by atoms with E-state index in [1.165, 1.54) is 58.2 Å². The van der Waals surface area contributed by atoms with E-state index in [4.69, 9.17) is 0 Å². The van der Waals surface area contributed by atoms with Crippen LogP contribution in [0.15, 0.2) is 0 Å². The standard InChI is InChI=1S/C15H28N2S/c1-12-10-16-9-3-4-14(16)11-17(12)13-5-7-15(18-2)8-6-13/h12-15H,3-11H2,1-2H3. The molecule has 2 aliphatic heterocycles. The molecule has 0 amide bonds. The van der Waals surface area contributed by atoms with Crippen LogP contribution in [0, 0.1) is 0 Å². The SMILES string of the molecule is CSC1CCC(N2CC3CCCN3CC2C)CC1. The molecule has 3 rings (SSSR count). The number of piperazine rings is 1. The summed E-state index contributed by atoms with van der Waals surface area (Å²) in [6, 6.07) is 2.57. The molecule has 2 saturated heterocycles. The average Bonchev–Trinajstić information content (AvgIpc) is 2.85. The molecule has 3 fully saturated rings. The van der Waals surface area contributed by atoms with E-state index in [1.54, 1.807) is 0 Å². The largest absolute Gasteiger partial charge is 0.298 e. The van der Waals surface area contributed by atoms with Gasteiger partial charge in [0.1, 0.15) is 0 Å². The van der Waals surface area contributed by atoms with Gasteiger partial charge in [-0.25, -0.2) is 0 Å². The monoisotopic (exact) mass is 268 g/mol. The Kier molecular flexibility index (Phi) is 4.21. The van der Waals surface area contributed by atoms with E-state index in [0.29, 0.717) is 0 Å². The predicted octanol–water partition coefficient (Wildman–Crippen LogP) is 2.83. The van der Waals surface area contributed by atoms with Crippen LogP contribution in [0.4, 0.5) is 0 Å². The molecule has 0 radical (unpaired) electrons. The molecule has 2 nitrogen and oxygen atoms in total. The van der Waals surface area contributed by atoms with Gasteiger partial charge < -0.3 is 0 Å². The summed E-state index contributed by atoms with van der Waals surface area (Å²) >= 11 is 2.08. The molecule has 1 aliphatic carbocycles. The van der Waals surface area contributed by atoms with E-state index in [9.17, 15) is 0 Å². The lowest BCUT2D eigenvalue weighted by atomic mass is 9.91. The van der Waals surface area contributed by atoms with E-state index in [2.05, 4.69) is 34.7 Å². The van der Waals surface area contributed by atoms with Crippen molar-refractivity contribution in [2.45, 2.75) is 68.8 Å². The molecule has 104 valence electrons. The Morgan fingerprint density at radius 2 is 1.72 bits per heavy atom. The van der Waals surface area contributed by atoms with Crippen LogP contribution in [-0.4, -0.2) is 59.1 Å². The van der Waals surface area contributed by atoms with Crippen molar-refractivity contribution < 1.29 is 0 Å². The third kappa shape index (κ3) is 2.59. The summed E-state index contributed by atoms with van der Waals surface area (Å²) in [4.78, 5) is 5.61. The Morgan fingerprint density at radius 3 is 2.44 bits per heavy atom. The van der Waals surface area contributed by atoms with Crippen LogP contribution >= 0.6 is 11.8 Å². The molecule has 0 N–H and O–H groups in total. The Hall–Kier alpha value is 0.270. The predicted molar refractivity (Wildman–Crippen MR) is 80.3 cm³/mol. The zero-order chi connectivity index (χ0) is 12.5. The van der Waals surface area contributed by atoms with Crippen molar-refractivity contribution in [2.24, 2.45) is 0 Å². The van der Waals surface area contributed by atoms with E-state index < -0.39 is 0 Å². The number of nitrogens with zero attached hydrogens (tertiary/aromatic N) is 2. The second kappa shape index (κ2) is 5.72. The summed E-state index contributed by atoms with van der Waals surface area (Å²) in [7, 11) is 0. The summed E-state index contributed by atoms with van der Waals surface area (Å²) in [5, 5.41) is 0.948. The first-order chi connectivity index (χ1) is 8.78. The molecule has 2 atom stereocenters. The quantitative estimate of drug-likeness (QED) is 0.760. The van der Waals surface area contributed by atoms with Crippen LogP contribution in [0.3, 0.4) is 0 Å². The topological polar surface area (TPSA) is 6.48 Å². The lowest BCUT2D eigenvalue weighted by Gasteiger charge is -2.47. The Labute approximate surface area is 116 Å². The van der Waals surface area contributed by atoms with Crippen LogP contribution in [0.5, 0.6) is 0 Å².